The van der Waals surface area contributed by atoms with E-state index in [1.165, 1.54) is 22.6 Å². The Morgan fingerprint density at radius 2 is 1.81 bits per heavy atom. The van der Waals surface area contributed by atoms with E-state index in [-0.39, 0.29) is 6.03 Å². The maximum Gasteiger partial charge on any atom is 0.322 e. The van der Waals surface area contributed by atoms with Crippen LogP contribution in [-0.2, 0) is 19.4 Å². The standard InChI is InChI=1S/C29H27F2N3O2S/c1-2-36-22-11-9-21(10-12-22)32-29(35)34-17-24-23-6-3-4-8-26(23)37-28(24)33-13-5-7-25(33)27(34)18-14-19(30)16-20(31)15-18/h5,7,9-16,27H,2-4,6,8,17H2,1H3,(H,32,35)/t27-/m0/s1. The number of amides is 2. The molecule has 2 aromatic heterocycles. The number of anilines is 1. The first-order chi connectivity index (χ1) is 18.0. The van der Waals surface area contributed by atoms with Crippen molar-refractivity contribution in [2.24, 2.45) is 0 Å². The summed E-state index contributed by atoms with van der Waals surface area (Å²) in [5.41, 5.74) is 4.24. The number of fused-ring (bicyclic) bond motifs is 5. The lowest BCUT2D eigenvalue weighted by Gasteiger charge is -2.31. The van der Waals surface area contributed by atoms with Gasteiger partial charge in [0.05, 0.1) is 18.8 Å². The molecular weight excluding hydrogens is 492 g/mol. The van der Waals surface area contributed by atoms with E-state index in [9.17, 15) is 13.6 Å². The van der Waals surface area contributed by atoms with Gasteiger partial charge in [0.25, 0.3) is 0 Å². The van der Waals surface area contributed by atoms with Gasteiger partial charge in [-0.05, 0) is 92.3 Å². The van der Waals surface area contributed by atoms with Gasteiger partial charge in [0.1, 0.15) is 28.4 Å². The zero-order chi connectivity index (χ0) is 25.5. The molecule has 190 valence electrons. The summed E-state index contributed by atoms with van der Waals surface area (Å²) in [4.78, 5) is 17.0. The largest absolute Gasteiger partial charge is 0.494 e. The smallest absolute Gasteiger partial charge is 0.322 e. The number of hydrogen-bond donors (Lipinski definition) is 1. The number of thiophene rings is 1. The molecule has 1 N–H and O–H groups in total. The third-order valence-electron chi connectivity index (χ3n) is 7.06. The van der Waals surface area contributed by atoms with E-state index in [0.717, 1.165) is 53.8 Å². The highest BCUT2D eigenvalue weighted by Gasteiger charge is 2.36. The van der Waals surface area contributed by atoms with Gasteiger partial charge in [-0.1, -0.05) is 0 Å². The molecule has 2 aliphatic rings. The van der Waals surface area contributed by atoms with Gasteiger partial charge in [0.15, 0.2) is 0 Å². The molecule has 8 heteroatoms. The number of benzene rings is 2. The number of hydrogen-bond acceptors (Lipinski definition) is 3. The first-order valence-electron chi connectivity index (χ1n) is 12.6. The van der Waals surface area contributed by atoms with E-state index in [0.29, 0.717) is 24.4 Å². The second kappa shape index (κ2) is 9.67. The molecule has 3 heterocycles. The van der Waals surface area contributed by atoms with Gasteiger partial charge in [-0.2, -0.15) is 0 Å². The fourth-order valence-electron chi connectivity index (χ4n) is 5.47. The first-order valence-corrected chi connectivity index (χ1v) is 13.4. The van der Waals surface area contributed by atoms with Crippen molar-refractivity contribution in [1.29, 1.82) is 0 Å². The van der Waals surface area contributed by atoms with Crippen LogP contribution in [0.15, 0.2) is 60.8 Å². The van der Waals surface area contributed by atoms with E-state index in [2.05, 4.69) is 9.88 Å². The van der Waals surface area contributed by atoms with Crippen molar-refractivity contribution in [3.05, 3.63) is 99.7 Å². The number of carbonyl (C=O) groups excluding carboxylic acids is 1. The fourth-order valence-corrected chi connectivity index (χ4v) is 6.87. The van der Waals surface area contributed by atoms with Crippen LogP contribution in [0.4, 0.5) is 19.3 Å². The quantitative estimate of drug-likeness (QED) is 0.309. The molecule has 2 amide bonds. The summed E-state index contributed by atoms with van der Waals surface area (Å²) in [6, 6.07) is 13.5. The number of carbonyl (C=O) groups is 1. The van der Waals surface area contributed by atoms with Gasteiger partial charge in [-0.25, -0.2) is 13.6 Å². The molecule has 37 heavy (non-hydrogen) atoms. The Kier molecular flexibility index (Phi) is 6.20. The maximum absolute atomic E-state index is 14.4. The van der Waals surface area contributed by atoms with Crippen molar-refractivity contribution >= 4 is 23.1 Å². The molecular formula is C29H27F2N3O2S. The molecule has 6 rings (SSSR count). The van der Waals surface area contributed by atoms with Gasteiger partial charge in [0, 0.05) is 28.4 Å². The molecule has 1 aliphatic carbocycles. The van der Waals surface area contributed by atoms with Gasteiger partial charge >= 0.3 is 6.03 Å². The van der Waals surface area contributed by atoms with Crippen molar-refractivity contribution in [1.82, 2.24) is 9.47 Å². The SMILES string of the molecule is CCOc1ccc(NC(=O)N2Cc3c(sc4c3CCCC4)-n3cccc3[C@@H]2c2cc(F)cc(F)c2)cc1. The van der Waals surface area contributed by atoms with E-state index in [4.69, 9.17) is 4.74 Å². The fraction of sp³-hybridized carbons (Fsp3) is 0.276. The first kappa shape index (κ1) is 23.7. The Hall–Kier alpha value is -3.65. The minimum absolute atomic E-state index is 0.338. The summed E-state index contributed by atoms with van der Waals surface area (Å²) in [5.74, 6) is -0.622. The van der Waals surface area contributed by atoms with Crippen LogP contribution in [0.25, 0.3) is 5.00 Å². The van der Waals surface area contributed by atoms with Gasteiger partial charge < -0.3 is 19.5 Å². The molecule has 1 aliphatic heterocycles. The number of halogens is 2. The van der Waals surface area contributed by atoms with Crippen molar-refractivity contribution < 1.29 is 18.3 Å². The van der Waals surface area contributed by atoms with Gasteiger partial charge in [-0.15, -0.1) is 11.3 Å². The molecule has 0 radical (unpaired) electrons. The average Bonchev–Trinajstić information content (AvgIpc) is 3.46. The second-order valence-corrected chi connectivity index (χ2v) is 10.5. The zero-order valence-corrected chi connectivity index (χ0v) is 21.3. The molecule has 0 fully saturated rings. The monoisotopic (exact) mass is 519 g/mol. The van der Waals surface area contributed by atoms with Crippen LogP contribution >= 0.6 is 11.3 Å². The van der Waals surface area contributed by atoms with Crippen LogP contribution in [0.3, 0.4) is 0 Å². The average molecular weight is 520 g/mol. The summed E-state index contributed by atoms with van der Waals surface area (Å²) in [7, 11) is 0. The van der Waals surface area contributed by atoms with Crippen LogP contribution in [0.2, 0.25) is 0 Å². The van der Waals surface area contributed by atoms with E-state index >= 15 is 0 Å². The Morgan fingerprint density at radius 3 is 2.57 bits per heavy atom. The van der Waals surface area contributed by atoms with Crippen molar-refractivity contribution in [2.45, 2.75) is 45.2 Å². The number of aromatic nitrogens is 1. The highest BCUT2D eigenvalue weighted by atomic mass is 32.1. The summed E-state index contributed by atoms with van der Waals surface area (Å²) in [6.45, 7) is 2.81. The van der Waals surface area contributed by atoms with Crippen molar-refractivity contribution in [3.8, 4) is 10.8 Å². The Balaban J connectivity index is 1.46. The maximum atomic E-state index is 14.4. The molecule has 1 atom stereocenters. The number of rotatable bonds is 4. The van der Waals surface area contributed by atoms with E-state index < -0.39 is 17.7 Å². The lowest BCUT2D eigenvalue weighted by atomic mass is 9.95. The number of nitrogens with zero attached hydrogens (tertiary/aromatic N) is 2. The van der Waals surface area contributed by atoms with Crippen LogP contribution in [0, 0.1) is 11.6 Å². The highest BCUT2D eigenvalue weighted by molar-refractivity contribution is 7.15. The molecule has 4 aromatic rings. The normalized spacial score (nSPS) is 16.4. The summed E-state index contributed by atoms with van der Waals surface area (Å²) >= 11 is 1.77. The molecule has 0 spiro atoms. The van der Waals surface area contributed by atoms with E-state index in [1.807, 2.05) is 25.3 Å². The van der Waals surface area contributed by atoms with Gasteiger partial charge in [0.2, 0.25) is 0 Å². The van der Waals surface area contributed by atoms with Crippen LogP contribution in [-0.4, -0.2) is 22.1 Å². The highest BCUT2D eigenvalue weighted by Crippen LogP contribution is 2.44. The summed E-state index contributed by atoms with van der Waals surface area (Å²) < 4.78 is 36.4. The predicted octanol–water partition coefficient (Wildman–Crippen LogP) is 7.23. The molecule has 0 bridgehead atoms. The molecule has 2 aromatic carbocycles. The van der Waals surface area contributed by atoms with Crippen LogP contribution in [0.1, 0.15) is 53.1 Å². The zero-order valence-electron chi connectivity index (χ0n) is 20.5. The van der Waals surface area contributed by atoms with Crippen LogP contribution in [0.5, 0.6) is 5.75 Å². The number of aryl methyl sites for hydroxylation is 1. The minimum atomic E-state index is -0.679. The number of urea groups is 1. The predicted molar refractivity (Wildman–Crippen MR) is 141 cm³/mol. The van der Waals surface area contributed by atoms with Gasteiger partial charge in [-0.3, -0.25) is 0 Å². The summed E-state index contributed by atoms with van der Waals surface area (Å²) in [6.07, 6.45) is 6.28. The Bertz CT molecular complexity index is 1440. The van der Waals surface area contributed by atoms with Crippen molar-refractivity contribution in [2.75, 3.05) is 11.9 Å². The van der Waals surface area contributed by atoms with Crippen LogP contribution < -0.4 is 10.1 Å². The van der Waals surface area contributed by atoms with E-state index in [1.54, 1.807) is 40.5 Å². The Morgan fingerprint density at radius 1 is 1.05 bits per heavy atom. The number of ether oxygens (including phenoxy) is 1. The number of nitrogens with one attached hydrogen (secondary N) is 1. The topological polar surface area (TPSA) is 46.5 Å². The summed E-state index contributed by atoms with van der Waals surface area (Å²) in [5, 5.41) is 4.09. The second-order valence-electron chi connectivity index (χ2n) is 9.42. The van der Waals surface area contributed by atoms with Crippen molar-refractivity contribution in [3.63, 3.8) is 0 Å². The third kappa shape index (κ3) is 4.39. The molecule has 5 nitrogen and oxygen atoms in total. The molecule has 0 saturated carbocycles. The Labute approximate surface area is 218 Å². The molecule has 0 saturated heterocycles. The lowest BCUT2D eigenvalue weighted by molar-refractivity contribution is 0.194. The third-order valence-corrected chi connectivity index (χ3v) is 8.39. The molecule has 0 unspecified atom stereocenters. The lowest BCUT2D eigenvalue weighted by Crippen LogP contribution is -2.38. The minimum Gasteiger partial charge on any atom is -0.494 e.